The Morgan fingerprint density at radius 3 is 2.55 bits per heavy atom. The van der Waals surface area contributed by atoms with Crippen molar-refractivity contribution >= 4 is 17.3 Å². The van der Waals surface area contributed by atoms with Gasteiger partial charge in [-0.25, -0.2) is 0 Å². The molecule has 3 heteroatoms. The minimum atomic E-state index is 0.190. The molecule has 1 aromatic rings. The fourth-order valence-electron chi connectivity index (χ4n) is 2.81. The molecule has 0 aliphatic carbocycles. The molecular weight excluding hydrogens is 268 g/mol. The van der Waals surface area contributed by atoms with Crippen LogP contribution >= 0.6 is 11.6 Å². The van der Waals surface area contributed by atoms with E-state index in [2.05, 4.69) is 37.8 Å². The van der Waals surface area contributed by atoms with Gasteiger partial charge >= 0.3 is 0 Å². The molecule has 20 heavy (non-hydrogen) atoms. The summed E-state index contributed by atoms with van der Waals surface area (Å²) in [4.78, 5) is 2.48. The van der Waals surface area contributed by atoms with Crippen molar-refractivity contribution in [3.8, 4) is 0 Å². The van der Waals surface area contributed by atoms with Crippen LogP contribution in [0.3, 0.4) is 0 Å². The van der Waals surface area contributed by atoms with Crippen molar-refractivity contribution in [1.29, 1.82) is 0 Å². The van der Waals surface area contributed by atoms with Crippen molar-refractivity contribution in [2.75, 3.05) is 18.0 Å². The van der Waals surface area contributed by atoms with E-state index < -0.39 is 0 Å². The largest absolute Gasteiger partial charge is 0.371 e. The van der Waals surface area contributed by atoms with Crippen LogP contribution in [0.1, 0.15) is 45.6 Å². The van der Waals surface area contributed by atoms with Gasteiger partial charge in [0, 0.05) is 29.8 Å². The average molecular weight is 295 g/mol. The summed E-state index contributed by atoms with van der Waals surface area (Å²) in [6.45, 7) is 9.07. The smallest absolute Gasteiger partial charge is 0.0459 e. The number of hydrogen-bond acceptors (Lipinski definition) is 2. The molecule has 1 heterocycles. The zero-order valence-electron chi connectivity index (χ0n) is 13.0. The van der Waals surface area contributed by atoms with E-state index in [-0.39, 0.29) is 6.04 Å². The van der Waals surface area contributed by atoms with Crippen LogP contribution in [0.4, 0.5) is 5.69 Å². The summed E-state index contributed by atoms with van der Waals surface area (Å²) in [5, 5.41) is 0.858. The topological polar surface area (TPSA) is 29.3 Å². The minimum Gasteiger partial charge on any atom is -0.371 e. The molecule has 112 valence electrons. The lowest BCUT2D eigenvalue weighted by molar-refractivity contribution is 0.279. The standard InChI is InChI=1S/C17H27ClN2/c1-4-13(19)12-14-15(18)6-5-7-16(14)20-10-8-17(2,3)9-11-20/h5-7,13H,4,8-12,19H2,1-3H3. The van der Waals surface area contributed by atoms with E-state index in [1.54, 1.807) is 0 Å². The molecule has 2 rings (SSSR count). The molecule has 2 nitrogen and oxygen atoms in total. The third-order valence-corrected chi connectivity index (χ3v) is 4.90. The van der Waals surface area contributed by atoms with Crippen LogP contribution in [-0.2, 0) is 6.42 Å². The lowest BCUT2D eigenvalue weighted by atomic mass is 9.82. The highest BCUT2D eigenvalue weighted by atomic mass is 35.5. The first-order chi connectivity index (χ1) is 9.43. The second-order valence-electron chi connectivity index (χ2n) is 6.76. The van der Waals surface area contributed by atoms with Gasteiger partial charge in [0.05, 0.1) is 0 Å². The van der Waals surface area contributed by atoms with Gasteiger partial charge in [-0.15, -0.1) is 0 Å². The monoisotopic (exact) mass is 294 g/mol. The van der Waals surface area contributed by atoms with Crippen molar-refractivity contribution in [2.45, 2.75) is 52.5 Å². The van der Waals surface area contributed by atoms with Crippen molar-refractivity contribution in [3.05, 3.63) is 28.8 Å². The SMILES string of the molecule is CCC(N)Cc1c(Cl)cccc1N1CCC(C)(C)CC1. The third-order valence-electron chi connectivity index (χ3n) is 4.54. The molecule has 1 saturated heterocycles. The van der Waals surface area contributed by atoms with Crippen LogP contribution in [0.15, 0.2) is 18.2 Å². The van der Waals surface area contributed by atoms with E-state index >= 15 is 0 Å². The van der Waals surface area contributed by atoms with E-state index in [0.717, 1.165) is 31.0 Å². The Labute approximate surface area is 128 Å². The number of halogens is 1. The lowest BCUT2D eigenvalue weighted by Crippen LogP contribution is -2.38. The van der Waals surface area contributed by atoms with Gasteiger partial charge in [-0.2, -0.15) is 0 Å². The van der Waals surface area contributed by atoms with E-state index in [1.807, 2.05) is 6.07 Å². The van der Waals surface area contributed by atoms with Gasteiger partial charge in [0.2, 0.25) is 0 Å². The van der Waals surface area contributed by atoms with Gasteiger partial charge in [-0.05, 0) is 48.8 Å². The number of anilines is 1. The van der Waals surface area contributed by atoms with Gasteiger partial charge in [0.15, 0.2) is 0 Å². The maximum atomic E-state index is 6.42. The molecule has 2 N–H and O–H groups in total. The minimum absolute atomic E-state index is 0.190. The zero-order chi connectivity index (χ0) is 14.8. The molecule has 0 saturated carbocycles. The predicted molar refractivity (Wildman–Crippen MR) is 88.7 cm³/mol. The van der Waals surface area contributed by atoms with Crippen molar-refractivity contribution in [2.24, 2.45) is 11.1 Å². The third kappa shape index (κ3) is 3.67. The second-order valence-corrected chi connectivity index (χ2v) is 7.17. The van der Waals surface area contributed by atoms with E-state index in [9.17, 15) is 0 Å². The van der Waals surface area contributed by atoms with Gasteiger partial charge in [0.25, 0.3) is 0 Å². The first kappa shape index (κ1) is 15.7. The summed E-state index contributed by atoms with van der Waals surface area (Å²) in [6.07, 6.45) is 4.32. The summed E-state index contributed by atoms with van der Waals surface area (Å²) >= 11 is 6.42. The summed E-state index contributed by atoms with van der Waals surface area (Å²) in [6, 6.07) is 6.42. The Hall–Kier alpha value is -0.730. The van der Waals surface area contributed by atoms with E-state index in [0.29, 0.717) is 5.41 Å². The summed E-state index contributed by atoms with van der Waals surface area (Å²) < 4.78 is 0. The maximum absolute atomic E-state index is 6.42. The normalized spacial score (nSPS) is 19.9. The van der Waals surface area contributed by atoms with Gasteiger partial charge in [-0.3, -0.25) is 0 Å². The first-order valence-electron chi connectivity index (χ1n) is 7.71. The molecule has 1 aliphatic rings. The Kier molecular flexibility index (Phi) is 4.98. The highest BCUT2D eigenvalue weighted by Gasteiger charge is 2.27. The molecule has 0 radical (unpaired) electrons. The Balaban J connectivity index is 2.21. The molecule has 1 aliphatic heterocycles. The van der Waals surface area contributed by atoms with Crippen LogP contribution in [0, 0.1) is 5.41 Å². The first-order valence-corrected chi connectivity index (χ1v) is 8.08. The van der Waals surface area contributed by atoms with Crippen molar-refractivity contribution in [3.63, 3.8) is 0 Å². The molecule has 1 unspecified atom stereocenters. The van der Waals surface area contributed by atoms with Gasteiger partial charge in [0.1, 0.15) is 0 Å². The molecule has 0 aromatic heterocycles. The second kappa shape index (κ2) is 6.36. The predicted octanol–water partition coefficient (Wildman–Crippen LogP) is 4.25. The number of benzene rings is 1. The zero-order valence-corrected chi connectivity index (χ0v) is 13.7. The quantitative estimate of drug-likeness (QED) is 0.899. The average Bonchev–Trinajstić information content (AvgIpc) is 2.41. The van der Waals surface area contributed by atoms with Crippen molar-refractivity contribution in [1.82, 2.24) is 0 Å². The van der Waals surface area contributed by atoms with Crippen LogP contribution in [-0.4, -0.2) is 19.1 Å². The van der Waals surface area contributed by atoms with Gasteiger partial charge < -0.3 is 10.6 Å². The number of nitrogens with two attached hydrogens (primary N) is 1. The Bertz CT molecular complexity index is 446. The summed E-state index contributed by atoms with van der Waals surface area (Å²) in [5.41, 5.74) is 9.12. The molecule has 0 spiro atoms. The number of rotatable bonds is 4. The summed E-state index contributed by atoms with van der Waals surface area (Å²) in [5.74, 6) is 0. The van der Waals surface area contributed by atoms with Crippen LogP contribution in [0.5, 0.6) is 0 Å². The fourth-order valence-corrected chi connectivity index (χ4v) is 3.05. The van der Waals surface area contributed by atoms with Gasteiger partial charge in [-0.1, -0.05) is 38.4 Å². The molecule has 1 aromatic carbocycles. The highest BCUT2D eigenvalue weighted by Crippen LogP contribution is 2.35. The lowest BCUT2D eigenvalue weighted by Gasteiger charge is -2.39. The van der Waals surface area contributed by atoms with Crippen molar-refractivity contribution < 1.29 is 0 Å². The van der Waals surface area contributed by atoms with E-state index in [1.165, 1.54) is 24.1 Å². The molecular formula is C17H27ClN2. The van der Waals surface area contributed by atoms with Crippen LogP contribution in [0.25, 0.3) is 0 Å². The summed E-state index contributed by atoms with van der Waals surface area (Å²) in [7, 11) is 0. The van der Waals surface area contributed by atoms with Crippen LogP contribution < -0.4 is 10.6 Å². The maximum Gasteiger partial charge on any atom is 0.0459 e. The number of hydrogen-bond donors (Lipinski definition) is 1. The highest BCUT2D eigenvalue weighted by molar-refractivity contribution is 6.31. The van der Waals surface area contributed by atoms with E-state index in [4.69, 9.17) is 17.3 Å². The molecule has 0 bridgehead atoms. The van der Waals surface area contributed by atoms with Crippen LogP contribution in [0.2, 0.25) is 5.02 Å². The molecule has 0 amide bonds. The number of nitrogens with zero attached hydrogens (tertiary/aromatic N) is 1. The number of piperidine rings is 1. The molecule has 1 atom stereocenters. The molecule has 1 fully saturated rings. The Morgan fingerprint density at radius 2 is 1.95 bits per heavy atom. The Morgan fingerprint density at radius 1 is 1.30 bits per heavy atom. The fraction of sp³-hybridized carbons (Fsp3) is 0.647.